The Morgan fingerprint density at radius 2 is 1.87 bits per heavy atom. The maximum absolute atomic E-state index is 12.6. The summed E-state index contributed by atoms with van der Waals surface area (Å²) in [6.07, 6.45) is 1.66. The Morgan fingerprint density at radius 1 is 1.16 bits per heavy atom. The third-order valence-corrected chi connectivity index (χ3v) is 5.51. The van der Waals surface area contributed by atoms with Crippen molar-refractivity contribution >= 4 is 46.6 Å². The lowest BCUT2D eigenvalue weighted by Crippen LogP contribution is -2.51. The van der Waals surface area contributed by atoms with Gasteiger partial charge in [-0.05, 0) is 24.1 Å². The molecule has 0 aliphatic carbocycles. The van der Waals surface area contributed by atoms with Gasteiger partial charge in [0.1, 0.15) is 0 Å². The normalized spacial score (nSPS) is 16.3. The maximum Gasteiger partial charge on any atom is 0.313 e. The number of rotatable bonds is 7. The third-order valence-electron chi connectivity index (χ3n) is 5.05. The molecule has 2 heterocycles. The fraction of sp³-hybridized carbons (Fsp3) is 0.350. The Balaban J connectivity index is 1.90. The van der Waals surface area contributed by atoms with Crippen molar-refractivity contribution in [1.82, 2.24) is 9.88 Å². The minimum absolute atomic E-state index is 0.0762. The van der Waals surface area contributed by atoms with Crippen LogP contribution in [-0.2, 0) is 9.59 Å². The van der Waals surface area contributed by atoms with Crippen molar-refractivity contribution < 1.29 is 19.6 Å². The number of anilines is 1. The van der Waals surface area contributed by atoms with Crippen molar-refractivity contribution in [3.63, 3.8) is 0 Å². The van der Waals surface area contributed by atoms with Gasteiger partial charge < -0.3 is 14.9 Å². The number of amides is 1. The lowest BCUT2D eigenvalue weighted by molar-refractivity contribution is -0.384. The van der Waals surface area contributed by atoms with E-state index in [-0.39, 0.29) is 48.2 Å². The smallest absolute Gasteiger partial charge is 0.313 e. The summed E-state index contributed by atoms with van der Waals surface area (Å²) in [5.74, 6) is -0.927. The average molecular weight is 467 g/mol. The monoisotopic (exact) mass is 466 g/mol. The van der Waals surface area contributed by atoms with E-state index in [4.69, 9.17) is 28.3 Å². The van der Waals surface area contributed by atoms with Gasteiger partial charge in [0.05, 0.1) is 16.0 Å². The highest BCUT2D eigenvalue weighted by molar-refractivity contribution is 6.31. The Bertz CT molecular complexity index is 986. The van der Waals surface area contributed by atoms with E-state index in [1.807, 2.05) is 0 Å². The summed E-state index contributed by atoms with van der Waals surface area (Å²) in [6, 6.07) is 7.90. The summed E-state index contributed by atoms with van der Waals surface area (Å²) in [5, 5.41) is 21.1. The number of nitrogens with zero attached hydrogens (tertiary/aromatic N) is 4. The van der Waals surface area contributed by atoms with Crippen molar-refractivity contribution in [2.24, 2.45) is 0 Å². The Hall–Kier alpha value is -2.91. The number of carbonyl (C=O) groups is 2. The van der Waals surface area contributed by atoms with E-state index in [0.717, 1.165) is 5.56 Å². The molecule has 0 radical (unpaired) electrons. The molecule has 31 heavy (non-hydrogen) atoms. The minimum Gasteiger partial charge on any atom is -0.481 e. The fourth-order valence-corrected chi connectivity index (χ4v) is 3.84. The number of halogens is 2. The maximum atomic E-state index is 12.6. The van der Waals surface area contributed by atoms with Crippen LogP contribution < -0.4 is 4.90 Å². The second-order valence-corrected chi connectivity index (χ2v) is 7.97. The van der Waals surface area contributed by atoms with Gasteiger partial charge in [-0.3, -0.25) is 19.7 Å². The van der Waals surface area contributed by atoms with E-state index < -0.39 is 16.9 Å². The van der Waals surface area contributed by atoms with Gasteiger partial charge in [-0.2, -0.15) is 0 Å². The molecule has 1 aliphatic heterocycles. The van der Waals surface area contributed by atoms with Crippen molar-refractivity contribution in [3.8, 4) is 0 Å². The Morgan fingerprint density at radius 3 is 2.52 bits per heavy atom. The molecule has 164 valence electrons. The van der Waals surface area contributed by atoms with Gasteiger partial charge >= 0.3 is 11.7 Å². The van der Waals surface area contributed by atoms with E-state index in [0.29, 0.717) is 18.1 Å². The summed E-state index contributed by atoms with van der Waals surface area (Å²) < 4.78 is 0. The number of carboxylic acid groups (broad SMARTS) is 1. The van der Waals surface area contributed by atoms with E-state index in [1.165, 1.54) is 12.3 Å². The van der Waals surface area contributed by atoms with Gasteiger partial charge in [0, 0.05) is 49.8 Å². The van der Waals surface area contributed by atoms with Gasteiger partial charge in [0.2, 0.25) is 11.7 Å². The number of nitro groups is 1. The topological polar surface area (TPSA) is 117 Å². The van der Waals surface area contributed by atoms with Crippen LogP contribution in [0.3, 0.4) is 0 Å². The second kappa shape index (κ2) is 9.93. The summed E-state index contributed by atoms with van der Waals surface area (Å²) in [7, 11) is 0. The van der Waals surface area contributed by atoms with Crippen molar-refractivity contribution in [2.45, 2.75) is 25.3 Å². The zero-order chi connectivity index (χ0) is 22.5. The highest BCUT2D eigenvalue weighted by Crippen LogP contribution is 2.36. The van der Waals surface area contributed by atoms with E-state index in [2.05, 4.69) is 4.98 Å². The Kier molecular flexibility index (Phi) is 7.29. The zero-order valence-corrected chi connectivity index (χ0v) is 17.9. The molecule has 0 bridgehead atoms. The van der Waals surface area contributed by atoms with Crippen molar-refractivity contribution in [1.29, 1.82) is 0 Å². The lowest BCUT2D eigenvalue weighted by Gasteiger charge is -2.42. The van der Waals surface area contributed by atoms with Gasteiger partial charge in [-0.15, -0.1) is 0 Å². The quantitative estimate of drug-likeness (QED) is 0.484. The fourth-order valence-electron chi connectivity index (χ4n) is 3.56. The SMILES string of the molecule is O=C(O)CCCC(=O)N1CCN(c2ncc(Cl)cc2[N+](=O)[O-])C(c2ccc(Cl)cc2)C1. The van der Waals surface area contributed by atoms with Crippen LogP contribution in [0.5, 0.6) is 0 Å². The molecule has 1 unspecified atom stereocenters. The predicted octanol–water partition coefficient (Wildman–Crippen LogP) is 3.94. The molecule has 3 rings (SSSR count). The summed E-state index contributed by atoms with van der Waals surface area (Å²) in [6.45, 7) is 0.917. The number of carboxylic acids is 1. The molecule has 9 nitrogen and oxygen atoms in total. The molecule has 1 atom stereocenters. The molecule has 1 amide bonds. The molecule has 1 aromatic heterocycles. The number of aliphatic carboxylic acids is 1. The van der Waals surface area contributed by atoms with Crippen LogP contribution in [0.15, 0.2) is 36.5 Å². The third kappa shape index (κ3) is 5.62. The van der Waals surface area contributed by atoms with Gasteiger partial charge in [-0.25, -0.2) is 4.98 Å². The van der Waals surface area contributed by atoms with Crippen LogP contribution in [0.25, 0.3) is 0 Å². The van der Waals surface area contributed by atoms with Gasteiger partial charge in [0.15, 0.2) is 0 Å². The average Bonchev–Trinajstić information content (AvgIpc) is 2.73. The van der Waals surface area contributed by atoms with Crippen LogP contribution >= 0.6 is 23.2 Å². The molecule has 0 saturated carbocycles. The van der Waals surface area contributed by atoms with Crippen LogP contribution in [0.4, 0.5) is 11.5 Å². The van der Waals surface area contributed by atoms with Crippen LogP contribution in [-0.4, -0.2) is 51.4 Å². The number of piperazine rings is 1. The van der Waals surface area contributed by atoms with Crippen LogP contribution in [0, 0.1) is 10.1 Å². The van der Waals surface area contributed by atoms with E-state index in [1.54, 1.807) is 34.1 Å². The van der Waals surface area contributed by atoms with Gasteiger partial charge in [0.25, 0.3) is 0 Å². The van der Waals surface area contributed by atoms with Crippen LogP contribution in [0.1, 0.15) is 30.9 Å². The molecule has 1 fully saturated rings. The van der Waals surface area contributed by atoms with Crippen LogP contribution in [0.2, 0.25) is 10.0 Å². The standard InChI is InChI=1S/C20H20Cl2N4O5/c21-14-6-4-13(5-7-14)17-12-24(18(27)2-1-3-19(28)29)8-9-25(17)20-16(26(30)31)10-15(22)11-23-20/h4-7,10-11,17H,1-3,8-9,12H2,(H,28,29). The number of hydrogen-bond acceptors (Lipinski definition) is 6. The molecule has 1 aliphatic rings. The number of pyridine rings is 1. The molecule has 11 heteroatoms. The predicted molar refractivity (Wildman–Crippen MR) is 116 cm³/mol. The molecule has 1 saturated heterocycles. The molecule has 2 aromatic rings. The first kappa shape index (κ1) is 22.8. The van der Waals surface area contributed by atoms with Gasteiger partial charge in [-0.1, -0.05) is 35.3 Å². The van der Waals surface area contributed by atoms with Crippen molar-refractivity contribution in [2.75, 3.05) is 24.5 Å². The summed E-state index contributed by atoms with van der Waals surface area (Å²) in [4.78, 5) is 42.1. The van der Waals surface area contributed by atoms with E-state index >= 15 is 0 Å². The molecule has 1 aromatic carbocycles. The van der Waals surface area contributed by atoms with E-state index in [9.17, 15) is 19.7 Å². The number of benzene rings is 1. The second-order valence-electron chi connectivity index (χ2n) is 7.10. The first-order chi connectivity index (χ1) is 14.8. The Labute approximate surface area is 188 Å². The summed E-state index contributed by atoms with van der Waals surface area (Å²) >= 11 is 11.9. The summed E-state index contributed by atoms with van der Waals surface area (Å²) in [5.41, 5.74) is 0.603. The highest BCUT2D eigenvalue weighted by atomic mass is 35.5. The lowest BCUT2D eigenvalue weighted by atomic mass is 10.0. The molecular formula is C20H20Cl2N4O5. The largest absolute Gasteiger partial charge is 0.481 e. The molecule has 1 N–H and O–H groups in total. The minimum atomic E-state index is -0.946. The number of aromatic nitrogens is 1. The zero-order valence-electron chi connectivity index (χ0n) is 16.4. The number of carbonyl (C=O) groups excluding carboxylic acids is 1. The molecule has 0 spiro atoms. The van der Waals surface area contributed by atoms with Crippen molar-refractivity contribution in [3.05, 3.63) is 62.3 Å². The first-order valence-corrected chi connectivity index (χ1v) is 10.3. The molecular weight excluding hydrogens is 447 g/mol. The number of hydrogen-bond donors (Lipinski definition) is 1. The highest BCUT2D eigenvalue weighted by Gasteiger charge is 2.35. The first-order valence-electron chi connectivity index (χ1n) is 9.58.